The fraction of sp³-hybridized carbons (Fsp3) is 0.462. The summed E-state index contributed by atoms with van der Waals surface area (Å²) in [7, 11) is 1.58. The van der Waals surface area contributed by atoms with Crippen molar-refractivity contribution >= 4 is 5.97 Å². The molecule has 1 saturated heterocycles. The van der Waals surface area contributed by atoms with E-state index in [0.29, 0.717) is 17.2 Å². The van der Waals surface area contributed by atoms with Gasteiger partial charge in [0.15, 0.2) is 0 Å². The summed E-state index contributed by atoms with van der Waals surface area (Å²) < 4.78 is 15.5. The maximum Gasteiger partial charge on any atom is 0.340 e. The first kappa shape index (κ1) is 11.9. The topological polar surface area (TPSA) is 48.1 Å². The number of rotatable bonds is 4. The molecule has 1 aromatic rings. The Bertz CT molecular complexity index is 396. The van der Waals surface area contributed by atoms with Crippen LogP contribution in [0.5, 0.6) is 5.75 Å². The first-order valence-corrected chi connectivity index (χ1v) is 5.62. The Kier molecular flexibility index (Phi) is 3.33. The molecular weight excluding hydrogens is 220 g/mol. The molecule has 0 aliphatic carbocycles. The maximum atomic E-state index is 11.7. The summed E-state index contributed by atoms with van der Waals surface area (Å²) in [5, 5.41) is 0. The van der Waals surface area contributed by atoms with Crippen molar-refractivity contribution in [3.63, 3.8) is 0 Å². The van der Waals surface area contributed by atoms with Crippen LogP contribution in [0.1, 0.15) is 24.2 Å². The lowest BCUT2D eigenvalue weighted by atomic mass is 10.1. The number of benzene rings is 1. The molecule has 2 atom stereocenters. The fourth-order valence-electron chi connectivity index (χ4n) is 1.58. The highest BCUT2D eigenvalue weighted by Crippen LogP contribution is 2.30. The van der Waals surface area contributed by atoms with Crippen LogP contribution in [0.2, 0.25) is 0 Å². The summed E-state index contributed by atoms with van der Waals surface area (Å²) in [6.45, 7) is 4.07. The molecule has 0 bridgehead atoms. The van der Waals surface area contributed by atoms with E-state index in [2.05, 4.69) is 0 Å². The van der Waals surface area contributed by atoms with Crippen molar-refractivity contribution in [2.75, 3.05) is 7.11 Å². The monoisotopic (exact) mass is 236 g/mol. The molecule has 0 amide bonds. The van der Waals surface area contributed by atoms with Gasteiger partial charge >= 0.3 is 5.97 Å². The minimum absolute atomic E-state index is 0.0391. The third kappa shape index (κ3) is 2.77. The summed E-state index contributed by atoms with van der Waals surface area (Å²) >= 11 is 0. The van der Waals surface area contributed by atoms with Gasteiger partial charge in [0.25, 0.3) is 0 Å². The van der Waals surface area contributed by atoms with Crippen LogP contribution >= 0.6 is 0 Å². The van der Waals surface area contributed by atoms with Crippen LogP contribution in [-0.4, -0.2) is 25.5 Å². The Morgan fingerprint density at radius 3 is 2.41 bits per heavy atom. The fourth-order valence-corrected chi connectivity index (χ4v) is 1.58. The predicted molar refractivity (Wildman–Crippen MR) is 61.9 cm³/mol. The standard InChI is InChI=1S/C13H16O4/c1-8(2)11-13(16-11)17-12(14)9-4-6-10(15-3)7-5-9/h4-8,11,13H,1-3H3. The van der Waals surface area contributed by atoms with Crippen LogP contribution in [0.3, 0.4) is 0 Å². The minimum atomic E-state index is -0.385. The van der Waals surface area contributed by atoms with E-state index in [0.717, 1.165) is 0 Å². The van der Waals surface area contributed by atoms with Crippen molar-refractivity contribution in [1.82, 2.24) is 0 Å². The molecule has 0 N–H and O–H groups in total. The Morgan fingerprint density at radius 1 is 1.29 bits per heavy atom. The molecule has 0 spiro atoms. The molecule has 17 heavy (non-hydrogen) atoms. The van der Waals surface area contributed by atoms with Gasteiger partial charge in [-0.05, 0) is 30.2 Å². The number of epoxide rings is 1. The van der Waals surface area contributed by atoms with E-state index < -0.39 is 0 Å². The van der Waals surface area contributed by atoms with Crippen LogP contribution in [0.4, 0.5) is 0 Å². The third-order valence-electron chi connectivity index (χ3n) is 2.69. The van der Waals surface area contributed by atoms with Crippen molar-refractivity contribution in [2.24, 2.45) is 5.92 Å². The molecule has 1 aromatic carbocycles. The number of esters is 1. The average Bonchev–Trinajstić information content (AvgIpc) is 3.08. The quantitative estimate of drug-likeness (QED) is 0.594. The van der Waals surface area contributed by atoms with Gasteiger partial charge in [-0.2, -0.15) is 0 Å². The van der Waals surface area contributed by atoms with Crippen LogP contribution < -0.4 is 4.74 Å². The summed E-state index contributed by atoms with van der Waals surface area (Å²) in [5.74, 6) is 0.716. The summed E-state index contributed by atoms with van der Waals surface area (Å²) in [4.78, 5) is 11.7. The molecule has 1 heterocycles. The molecule has 92 valence electrons. The van der Waals surface area contributed by atoms with E-state index in [4.69, 9.17) is 14.2 Å². The molecule has 2 unspecified atom stereocenters. The summed E-state index contributed by atoms with van der Waals surface area (Å²) in [6.07, 6.45) is -0.346. The second-order valence-corrected chi connectivity index (χ2v) is 4.35. The van der Waals surface area contributed by atoms with Crippen molar-refractivity contribution in [3.8, 4) is 5.75 Å². The van der Waals surface area contributed by atoms with E-state index in [9.17, 15) is 4.79 Å². The summed E-state index contributed by atoms with van der Waals surface area (Å²) in [6, 6.07) is 6.80. The van der Waals surface area contributed by atoms with Gasteiger partial charge in [-0.3, -0.25) is 0 Å². The van der Waals surface area contributed by atoms with Crippen molar-refractivity contribution < 1.29 is 19.0 Å². The molecule has 1 fully saturated rings. The zero-order chi connectivity index (χ0) is 12.4. The number of hydrogen-bond donors (Lipinski definition) is 0. The van der Waals surface area contributed by atoms with Crippen LogP contribution in [0.15, 0.2) is 24.3 Å². The van der Waals surface area contributed by atoms with Gasteiger partial charge in [-0.1, -0.05) is 13.8 Å². The predicted octanol–water partition coefficient (Wildman–Crippen LogP) is 2.23. The molecule has 2 rings (SSSR count). The smallest absolute Gasteiger partial charge is 0.340 e. The minimum Gasteiger partial charge on any atom is -0.497 e. The largest absolute Gasteiger partial charge is 0.497 e. The van der Waals surface area contributed by atoms with E-state index >= 15 is 0 Å². The highest BCUT2D eigenvalue weighted by Gasteiger charge is 2.44. The molecule has 4 heteroatoms. The second-order valence-electron chi connectivity index (χ2n) is 4.35. The number of ether oxygens (including phenoxy) is 3. The zero-order valence-corrected chi connectivity index (χ0v) is 10.2. The normalized spacial score (nSPS) is 22.4. The molecule has 0 aromatic heterocycles. The second kappa shape index (κ2) is 4.75. The van der Waals surface area contributed by atoms with Crippen molar-refractivity contribution in [1.29, 1.82) is 0 Å². The van der Waals surface area contributed by atoms with E-state index in [1.165, 1.54) is 0 Å². The Morgan fingerprint density at radius 2 is 1.94 bits per heavy atom. The Labute approximate surface area is 100 Å². The van der Waals surface area contributed by atoms with E-state index in [1.807, 2.05) is 13.8 Å². The third-order valence-corrected chi connectivity index (χ3v) is 2.69. The lowest BCUT2D eigenvalue weighted by Crippen LogP contribution is -2.12. The number of carbonyl (C=O) groups excluding carboxylic acids is 1. The first-order chi connectivity index (χ1) is 8.11. The molecular formula is C13H16O4. The van der Waals surface area contributed by atoms with Crippen molar-refractivity contribution in [3.05, 3.63) is 29.8 Å². The highest BCUT2D eigenvalue weighted by molar-refractivity contribution is 5.89. The van der Waals surface area contributed by atoms with Gasteiger partial charge in [-0.25, -0.2) is 4.79 Å². The molecule has 4 nitrogen and oxygen atoms in total. The van der Waals surface area contributed by atoms with Gasteiger partial charge in [0.2, 0.25) is 6.29 Å². The van der Waals surface area contributed by atoms with Gasteiger partial charge in [-0.15, -0.1) is 0 Å². The van der Waals surface area contributed by atoms with Crippen LogP contribution in [-0.2, 0) is 9.47 Å². The van der Waals surface area contributed by atoms with Crippen LogP contribution in [0, 0.1) is 5.92 Å². The SMILES string of the molecule is COc1ccc(C(=O)OC2OC2C(C)C)cc1. The lowest BCUT2D eigenvalue weighted by molar-refractivity contribution is 0.0297. The summed E-state index contributed by atoms with van der Waals surface area (Å²) in [5.41, 5.74) is 0.504. The van der Waals surface area contributed by atoms with Crippen molar-refractivity contribution in [2.45, 2.75) is 26.2 Å². The highest BCUT2D eigenvalue weighted by atomic mass is 16.8. The molecule has 0 radical (unpaired) electrons. The van der Waals surface area contributed by atoms with E-state index in [1.54, 1.807) is 31.4 Å². The van der Waals surface area contributed by atoms with Gasteiger partial charge < -0.3 is 14.2 Å². The van der Waals surface area contributed by atoms with Crippen LogP contribution in [0.25, 0.3) is 0 Å². The maximum absolute atomic E-state index is 11.7. The number of hydrogen-bond acceptors (Lipinski definition) is 4. The molecule has 1 aliphatic heterocycles. The van der Waals surface area contributed by atoms with Gasteiger partial charge in [0, 0.05) is 0 Å². The van der Waals surface area contributed by atoms with Gasteiger partial charge in [0.1, 0.15) is 11.9 Å². The average molecular weight is 236 g/mol. The molecule has 0 saturated carbocycles. The zero-order valence-electron chi connectivity index (χ0n) is 10.2. The van der Waals surface area contributed by atoms with Gasteiger partial charge in [0.05, 0.1) is 12.7 Å². The lowest BCUT2D eigenvalue weighted by Gasteiger charge is -2.03. The Hall–Kier alpha value is -1.55. The Balaban J connectivity index is 1.92. The van der Waals surface area contributed by atoms with E-state index in [-0.39, 0.29) is 18.4 Å². The number of methoxy groups -OCH3 is 1. The molecule has 1 aliphatic rings. The first-order valence-electron chi connectivity index (χ1n) is 5.62. The number of carbonyl (C=O) groups is 1.